The van der Waals surface area contributed by atoms with Crippen LogP contribution in [-0.4, -0.2) is 17.8 Å². The van der Waals surface area contributed by atoms with Gasteiger partial charge in [-0.1, -0.05) is 18.2 Å². The average molecular weight is 220 g/mol. The fraction of sp³-hybridized carbons (Fsp3) is 0.571. The van der Waals surface area contributed by atoms with E-state index in [0.717, 1.165) is 18.6 Å². The zero-order chi connectivity index (χ0) is 11.4. The van der Waals surface area contributed by atoms with Crippen molar-refractivity contribution in [3.8, 4) is 5.75 Å². The molecule has 0 spiro atoms. The molecular weight excluding hydrogens is 200 g/mol. The number of rotatable bonds is 6. The van der Waals surface area contributed by atoms with E-state index in [1.807, 2.05) is 25.1 Å². The molecule has 0 bridgehead atoms. The van der Waals surface area contributed by atoms with Crippen LogP contribution in [0, 0.1) is 5.92 Å². The smallest absolute Gasteiger partial charge is 0.122 e. The summed E-state index contributed by atoms with van der Waals surface area (Å²) in [7, 11) is 0. The number of aliphatic hydroxyl groups is 1. The first-order valence-electron chi connectivity index (χ1n) is 6.20. The third-order valence-corrected chi connectivity index (χ3v) is 3.15. The second-order valence-corrected chi connectivity index (χ2v) is 4.48. The lowest BCUT2D eigenvalue weighted by molar-refractivity contribution is 0.141. The lowest BCUT2D eigenvalue weighted by Gasteiger charge is -2.12. The van der Waals surface area contributed by atoms with Gasteiger partial charge in [-0.05, 0) is 50.2 Å². The molecular formula is C14H20O2. The predicted molar refractivity (Wildman–Crippen MR) is 64.7 cm³/mol. The molecule has 0 heterocycles. The van der Waals surface area contributed by atoms with Crippen LogP contribution in [0.5, 0.6) is 5.75 Å². The van der Waals surface area contributed by atoms with Crippen molar-refractivity contribution >= 4 is 0 Å². The Balaban J connectivity index is 1.91. The molecule has 1 unspecified atom stereocenters. The van der Waals surface area contributed by atoms with E-state index in [0.29, 0.717) is 12.5 Å². The van der Waals surface area contributed by atoms with Gasteiger partial charge in [-0.2, -0.15) is 0 Å². The number of aliphatic hydroxyl groups excluding tert-OH is 1. The van der Waals surface area contributed by atoms with Crippen molar-refractivity contribution in [1.82, 2.24) is 0 Å². The lowest BCUT2D eigenvalue weighted by Crippen LogP contribution is -2.10. The van der Waals surface area contributed by atoms with Gasteiger partial charge in [0.2, 0.25) is 0 Å². The van der Waals surface area contributed by atoms with Crippen molar-refractivity contribution in [2.24, 2.45) is 5.92 Å². The van der Waals surface area contributed by atoms with E-state index in [1.165, 1.54) is 18.4 Å². The molecule has 0 saturated heterocycles. The monoisotopic (exact) mass is 220 g/mol. The van der Waals surface area contributed by atoms with Gasteiger partial charge in [0.15, 0.2) is 0 Å². The Morgan fingerprint density at radius 2 is 2.12 bits per heavy atom. The zero-order valence-electron chi connectivity index (χ0n) is 9.86. The Hall–Kier alpha value is -1.02. The Morgan fingerprint density at radius 1 is 1.38 bits per heavy atom. The Morgan fingerprint density at radius 3 is 2.81 bits per heavy atom. The van der Waals surface area contributed by atoms with Crippen LogP contribution in [0.3, 0.4) is 0 Å². The second kappa shape index (κ2) is 5.35. The molecule has 2 rings (SSSR count). The van der Waals surface area contributed by atoms with Crippen molar-refractivity contribution in [2.75, 3.05) is 6.61 Å². The number of benzene rings is 1. The molecule has 0 aliphatic heterocycles. The maximum Gasteiger partial charge on any atom is 0.122 e. The number of hydrogen-bond acceptors (Lipinski definition) is 2. The van der Waals surface area contributed by atoms with Crippen molar-refractivity contribution in [1.29, 1.82) is 0 Å². The molecule has 88 valence electrons. The molecule has 16 heavy (non-hydrogen) atoms. The molecule has 1 aliphatic rings. The van der Waals surface area contributed by atoms with Crippen molar-refractivity contribution < 1.29 is 9.84 Å². The van der Waals surface area contributed by atoms with E-state index < -0.39 is 0 Å². The van der Waals surface area contributed by atoms with Crippen LogP contribution in [0.15, 0.2) is 24.3 Å². The minimum atomic E-state index is -0.116. The Labute approximate surface area is 97.3 Å². The lowest BCUT2D eigenvalue weighted by atomic mass is 10.0. The highest BCUT2D eigenvalue weighted by molar-refractivity contribution is 5.33. The number of hydrogen-bond donors (Lipinski definition) is 1. The van der Waals surface area contributed by atoms with Crippen LogP contribution in [-0.2, 0) is 6.42 Å². The van der Waals surface area contributed by atoms with Gasteiger partial charge in [0.1, 0.15) is 5.75 Å². The molecule has 0 radical (unpaired) electrons. The third kappa shape index (κ3) is 2.99. The quantitative estimate of drug-likeness (QED) is 0.798. The fourth-order valence-corrected chi connectivity index (χ4v) is 2.03. The topological polar surface area (TPSA) is 29.5 Å². The van der Waals surface area contributed by atoms with Crippen molar-refractivity contribution in [3.05, 3.63) is 29.8 Å². The highest BCUT2D eigenvalue weighted by Crippen LogP contribution is 2.34. The standard InChI is InChI=1S/C14H20O2/c1-2-16-14-6-4-3-5-12(14)9-10-13(15)11-7-8-11/h3-6,11,13,15H,2,7-10H2,1H3. The number of aryl methyl sites for hydroxylation is 1. The maximum absolute atomic E-state index is 9.83. The molecule has 1 aromatic rings. The normalized spacial score (nSPS) is 17.1. The molecule has 1 aliphatic carbocycles. The minimum absolute atomic E-state index is 0.116. The molecule has 2 heteroatoms. The summed E-state index contributed by atoms with van der Waals surface area (Å²) in [4.78, 5) is 0. The van der Waals surface area contributed by atoms with Gasteiger partial charge in [0.05, 0.1) is 12.7 Å². The van der Waals surface area contributed by atoms with E-state index in [9.17, 15) is 5.11 Å². The molecule has 1 saturated carbocycles. The minimum Gasteiger partial charge on any atom is -0.494 e. The molecule has 1 atom stereocenters. The SMILES string of the molecule is CCOc1ccccc1CCC(O)C1CC1. The largest absolute Gasteiger partial charge is 0.494 e. The second-order valence-electron chi connectivity index (χ2n) is 4.48. The molecule has 1 N–H and O–H groups in total. The summed E-state index contributed by atoms with van der Waals surface area (Å²) in [6.07, 6.45) is 4.06. The van der Waals surface area contributed by atoms with Crippen LogP contribution in [0.1, 0.15) is 31.7 Å². The van der Waals surface area contributed by atoms with Gasteiger partial charge in [0, 0.05) is 0 Å². The van der Waals surface area contributed by atoms with Crippen LogP contribution in [0.2, 0.25) is 0 Å². The van der Waals surface area contributed by atoms with E-state index in [2.05, 4.69) is 6.07 Å². The molecule has 0 aromatic heterocycles. The Bertz CT molecular complexity index is 331. The summed E-state index contributed by atoms with van der Waals surface area (Å²) in [6, 6.07) is 8.11. The Kier molecular flexibility index (Phi) is 3.83. The highest BCUT2D eigenvalue weighted by Gasteiger charge is 2.29. The zero-order valence-corrected chi connectivity index (χ0v) is 9.86. The summed E-state index contributed by atoms with van der Waals surface area (Å²) >= 11 is 0. The summed E-state index contributed by atoms with van der Waals surface area (Å²) < 4.78 is 5.56. The number of para-hydroxylation sites is 1. The van der Waals surface area contributed by atoms with E-state index >= 15 is 0 Å². The molecule has 2 nitrogen and oxygen atoms in total. The highest BCUT2D eigenvalue weighted by atomic mass is 16.5. The predicted octanol–water partition coefficient (Wildman–Crippen LogP) is 2.79. The van der Waals surface area contributed by atoms with Crippen LogP contribution >= 0.6 is 0 Å². The third-order valence-electron chi connectivity index (χ3n) is 3.15. The first kappa shape index (κ1) is 11.5. The van der Waals surface area contributed by atoms with Crippen LogP contribution in [0.4, 0.5) is 0 Å². The van der Waals surface area contributed by atoms with Crippen LogP contribution < -0.4 is 4.74 Å². The summed E-state index contributed by atoms with van der Waals surface area (Å²) in [6.45, 7) is 2.69. The van der Waals surface area contributed by atoms with Gasteiger partial charge in [-0.3, -0.25) is 0 Å². The van der Waals surface area contributed by atoms with Crippen LogP contribution in [0.25, 0.3) is 0 Å². The van der Waals surface area contributed by atoms with Gasteiger partial charge < -0.3 is 9.84 Å². The summed E-state index contributed by atoms with van der Waals surface area (Å²) in [5.41, 5.74) is 1.21. The van der Waals surface area contributed by atoms with Crippen molar-refractivity contribution in [2.45, 2.75) is 38.7 Å². The van der Waals surface area contributed by atoms with E-state index in [-0.39, 0.29) is 6.10 Å². The number of ether oxygens (including phenoxy) is 1. The van der Waals surface area contributed by atoms with Gasteiger partial charge in [0.25, 0.3) is 0 Å². The molecule has 1 fully saturated rings. The fourth-order valence-electron chi connectivity index (χ4n) is 2.03. The van der Waals surface area contributed by atoms with Gasteiger partial charge in [-0.15, -0.1) is 0 Å². The molecule has 0 amide bonds. The average Bonchev–Trinajstić information content (AvgIpc) is 3.12. The molecule has 1 aromatic carbocycles. The summed E-state index contributed by atoms with van der Waals surface area (Å²) in [5.74, 6) is 1.53. The maximum atomic E-state index is 9.83. The van der Waals surface area contributed by atoms with Gasteiger partial charge >= 0.3 is 0 Å². The van der Waals surface area contributed by atoms with E-state index in [1.54, 1.807) is 0 Å². The summed E-state index contributed by atoms with van der Waals surface area (Å²) in [5, 5.41) is 9.83. The van der Waals surface area contributed by atoms with Gasteiger partial charge in [-0.25, -0.2) is 0 Å². The van der Waals surface area contributed by atoms with Crippen molar-refractivity contribution in [3.63, 3.8) is 0 Å². The first-order chi connectivity index (χ1) is 7.81. The van der Waals surface area contributed by atoms with E-state index in [4.69, 9.17) is 4.74 Å². The first-order valence-corrected chi connectivity index (χ1v) is 6.20.